The van der Waals surface area contributed by atoms with Gasteiger partial charge in [0, 0.05) is 6.20 Å². The summed E-state index contributed by atoms with van der Waals surface area (Å²) in [5, 5.41) is 18.3. The molecule has 0 atom stereocenters. The standard InChI is InChI=1S/C15H10F3N3O4/c1-25-14(24)12-11(20)7(5-19)6-21(12)10-4-8(15(16,17)18)2-3-9(10)13(22)23/h2-4,6H,20H2,1H3,(H,22,23). The molecule has 0 fully saturated rings. The molecular formula is C15H10F3N3O4. The van der Waals surface area contributed by atoms with E-state index in [1.807, 2.05) is 0 Å². The second-order valence-electron chi connectivity index (χ2n) is 4.81. The van der Waals surface area contributed by atoms with E-state index in [2.05, 4.69) is 4.74 Å². The number of ether oxygens (including phenoxy) is 1. The number of aromatic carboxylic acids is 1. The monoisotopic (exact) mass is 353 g/mol. The highest BCUT2D eigenvalue weighted by Crippen LogP contribution is 2.33. The molecule has 1 heterocycles. The molecule has 0 aliphatic rings. The minimum Gasteiger partial charge on any atom is -0.478 e. The molecule has 0 amide bonds. The van der Waals surface area contributed by atoms with E-state index in [-0.39, 0.29) is 11.3 Å². The number of aromatic nitrogens is 1. The second-order valence-corrected chi connectivity index (χ2v) is 4.81. The Morgan fingerprint density at radius 1 is 1.36 bits per heavy atom. The maximum absolute atomic E-state index is 13.0. The number of nitrogen functional groups attached to an aromatic ring is 1. The van der Waals surface area contributed by atoms with Crippen LogP contribution in [0.15, 0.2) is 24.4 Å². The highest BCUT2D eigenvalue weighted by atomic mass is 19.4. The first-order valence-electron chi connectivity index (χ1n) is 6.56. The molecule has 25 heavy (non-hydrogen) atoms. The van der Waals surface area contributed by atoms with Gasteiger partial charge in [-0.15, -0.1) is 0 Å². The van der Waals surface area contributed by atoms with Gasteiger partial charge in [-0.2, -0.15) is 18.4 Å². The first-order chi connectivity index (χ1) is 11.6. The highest BCUT2D eigenvalue weighted by molar-refractivity contribution is 5.98. The molecule has 1 aromatic heterocycles. The first-order valence-corrected chi connectivity index (χ1v) is 6.56. The van der Waals surface area contributed by atoms with Crippen LogP contribution in [0.3, 0.4) is 0 Å². The summed E-state index contributed by atoms with van der Waals surface area (Å²) in [6, 6.07) is 3.58. The van der Waals surface area contributed by atoms with Gasteiger partial charge in [0.2, 0.25) is 0 Å². The molecule has 0 aliphatic carbocycles. The Labute approximate surface area is 138 Å². The molecule has 1 aromatic carbocycles. The van der Waals surface area contributed by atoms with Crippen LogP contribution in [0.2, 0.25) is 0 Å². The van der Waals surface area contributed by atoms with Crippen molar-refractivity contribution in [2.45, 2.75) is 6.18 Å². The molecule has 0 unspecified atom stereocenters. The summed E-state index contributed by atoms with van der Waals surface area (Å²) in [6.07, 6.45) is -3.77. The predicted molar refractivity (Wildman–Crippen MR) is 78.2 cm³/mol. The van der Waals surface area contributed by atoms with Gasteiger partial charge in [-0.05, 0) is 18.2 Å². The summed E-state index contributed by atoms with van der Waals surface area (Å²) in [6.45, 7) is 0. The summed E-state index contributed by atoms with van der Waals surface area (Å²) in [7, 11) is 1.01. The van der Waals surface area contributed by atoms with E-state index in [4.69, 9.17) is 11.0 Å². The summed E-state index contributed by atoms with van der Waals surface area (Å²) in [5.74, 6) is -2.56. The number of carbonyl (C=O) groups is 2. The number of nitriles is 1. The molecule has 0 saturated carbocycles. The molecule has 3 N–H and O–H groups in total. The highest BCUT2D eigenvalue weighted by Gasteiger charge is 2.33. The van der Waals surface area contributed by atoms with Gasteiger partial charge in [0.05, 0.1) is 35.2 Å². The van der Waals surface area contributed by atoms with E-state index < -0.39 is 40.6 Å². The predicted octanol–water partition coefficient (Wildman–Crippen LogP) is 2.43. The Kier molecular flexibility index (Phi) is 4.43. The van der Waals surface area contributed by atoms with Gasteiger partial charge in [-0.25, -0.2) is 9.59 Å². The van der Waals surface area contributed by atoms with Crippen LogP contribution in [-0.4, -0.2) is 28.7 Å². The molecule has 2 aromatic rings. The molecule has 7 nitrogen and oxygen atoms in total. The van der Waals surface area contributed by atoms with Crippen molar-refractivity contribution in [1.29, 1.82) is 5.26 Å². The number of nitrogens with zero attached hydrogens (tertiary/aromatic N) is 2. The fourth-order valence-electron chi connectivity index (χ4n) is 2.19. The number of rotatable bonds is 3. The number of nitrogens with two attached hydrogens (primary N) is 1. The molecule has 130 valence electrons. The molecule has 2 rings (SSSR count). The lowest BCUT2D eigenvalue weighted by atomic mass is 10.1. The zero-order valence-corrected chi connectivity index (χ0v) is 12.6. The zero-order chi connectivity index (χ0) is 18.9. The van der Waals surface area contributed by atoms with Gasteiger partial charge in [-0.3, -0.25) is 0 Å². The normalized spacial score (nSPS) is 11.0. The van der Waals surface area contributed by atoms with Crippen molar-refractivity contribution in [2.75, 3.05) is 12.8 Å². The number of carbonyl (C=O) groups excluding carboxylic acids is 1. The SMILES string of the molecule is COC(=O)c1c(N)c(C#N)cn1-c1cc(C(F)(F)F)ccc1C(=O)O. The van der Waals surface area contributed by atoms with E-state index in [1.165, 1.54) is 0 Å². The van der Waals surface area contributed by atoms with Gasteiger partial charge >= 0.3 is 18.1 Å². The van der Waals surface area contributed by atoms with Crippen molar-refractivity contribution in [3.8, 4) is 11.8 Å². The minimum absolute atomic E-state index is 0.214. The topological polar surface area (TPSA) is 118 Å². The molecule has 0 bridgehead atoms. The van der Waals surface area contributed by atoms with Gasteiger partial charge in [0.1, 0.15) is 6.07 Å². The summed E-state index contributed by atoms with van der Waals surface area (Å²) < 4.78 is 44.2. The number of carboxylic acids is 1. The fraction of sp³-hybridized carbons (Fsp3) is 0.133. The average molecular weight is 353 g/mol. The van der Waals surface area contributed by atoms with Gasteiger partial charge in [0.15, 0.2) is 5.69 Å². The molecule has 0 saturated heterocycles. The van der Waals surface area contributed by atoms with Crippen molar-refractivity contribution >= 4 is 17.6 Å². The number of anilines is 1. The van der Waals surface area contributed by atoms with E-state index in [9.17, 15) is 27.9 Å². The fourth-order valence-corrected chi connectivity index (χ4v) is 2.19. The van der Waals surface area contributed by atoms with Crippen molar-refractivity contribution < 1.29 is 32.6 Å². The summed E-state index contributed by atoms with van der Waals surface area (Å²) >= 11 is 0. The zero-order valence-electron chi connectivity index (χ0n) is 12.6. The molecule has 0 spiro atoms. The number of benzene rings is 1. The van der Waals surface area contributed by atoms with E-state index >= 15 is 0 Å². The lowest BCUT2D eigenvalue weighted by Crippen LogP contribution is -2.15. The smallest absolute Gasteiger partial charge is 0.416 e. The van der Waals surface area contributed by atoms with Gasteiger partial charge in [0.25, 0.3) is 0 Å². The van der Waals surface area contributed by atoms with E-state index in [0.717, 1.165) is 23.9 Å². The number of carboxylic acid groups (broad SMARTS) is 1. The number of hydrogen-bond donors (Lipinski definition) is 2. The third-order valence-corrected chi connectivity index (χ3v) is 3.36. The van der Waals surface area contributed by atoms with Gasteiger partial charge in [-0.1, -0.05) is 0 Å². The maximum atomic E-state index is 13.0. The average Bonchev–Trinajstić information content (AvgIpc) is 2.89. The van der Waals surface area contributed by atoms with Crippen LogP contribution < -0.4 is 5.73 Å². The number of esters is 1. The Morgan fingerprint density at radius 2 is 2.00 bits per heavy atom. The van der Waals surface area contributed by atoms with Gasteiger partial charge < -0.3 is 20.1 Å². The van der Waals surface area contributed by atoms with Crippen LogP contribution in [0.1, 0.15) is 32.0 Å². The van der Waals surface area contributed by atoms with Crippen molar-refractivity contribution in [1.82, 2.24) is 4.57 Å². The third kappa shape index (κ3) is 3.12. The van der Waals surface area contributed by atoms with Crippen LogP contribution in [-0.2, 0) is 10.9 Å². The van der Waals surface area contributed by atoms with Crippen LogP contribution in [0.25, 0.3) is 5.69 Å². The van der Waals surface area contributed by atoms with Crippen molar-refractivity contribution in [3.05, 3.63) is 46.8 Å². The molecule has 10 heteroatoms. The minimum atomic E-state index is -4.74. The van der Waals surface area contributed by atoms with Crippen LogP contribution in [0.5, 0.6) is 0 Å². The Bertz CT molecular complexity index is 910. The van der Waals surface area contributed by atoms with Crippen molar-refractivity contribution in [2.24, 2.45) is 0 Å². The van der Waals surface area contributed by atoms with Crippen LogP contribution in [0, 0.1) is 11.3 Å². The number of methoxy groups -OCH3 is 1. The Balaban J connectivity index is 2.87. The van der Waals surface area contributed by atoms with Crippen LogP contribution >= 0.6 is 0 Å². The molecule has 0 aliphatic heterocycles. The number of halogens is 3. The Morgan fingerprint density at radius 3 is 2.48 bits per heavy atom. The molecule has 0 radical (unpaired) electrons. The summed E-state index contributed by atoms with van der Waals surface area (Å²) in [5.41, 5.74) is 2.55. The molecular weight excluding hydrogens is 343 g/mol. The lowest BCUT2D eigenvalue weighted by Gasteiger charge is -2.14. The largest absolute Gasteiger partial charge is 0.478 e. The lowest BCUT2D eigenvalue weighted by molar-refractivity contribution is -0.137. The third-order valence-electron chi connectivity index (χ3n) is 3.36. The van der Waals surface area contributed by atoms with E-state index in [1.54, 1.807) is 6.07 Å². The maximum Gasteiger partial charge on any atom is 0.416 e. The number of alkyl halides is 3. The Hall–Kier alpha value is -3.48. The number of hydrogen-bond acceptors (Lipinski definition) is 5. The van der Waals surface area contributed by atoms with Crippen LogP contribution in [0.4, 0.5) is 18.9 Å². The second kappa shape index (κ2) is 6.20. The van der Waals surface area contributed by atoms with Crippen molar-refractivity contribution in [3.63, 3.8) is 0 Å². The van der Waals surface area contributed by atoms with E-state index in [0.29, 0.717) is 12.1 Å². The quantitative estimate of drug-likeness (QED) is 0.818. The summed E-state index contributed by atoms with van der Waals surface area (Å²) in [4.78, 5) is 23.3. The first kappa shape index (κ1) is 17.9.